The molecule has 1 amide bonds. The van der Waals surface area contributed by atoms with Crippen molar-refractivity contribution in [1.29, 1.82) is 0 Å². The van der Waals surface area contributed by atoms with Gasteiger partial charge in [-0.1, -0.05) is 34.1 Å². The van der Waals surface area contributed by atoms with Crippen molar-refractivity contribution in [3.63, 3.8) is 0 Å². The second-order valence-corrected chi connectivity index (χ2v) is 6.09. The van der Waals surface area contributed by atoms with Crippen molar-refractivity contribution in [2.45, 2.75) is 65.8 Å². The summed E-state index contributed by atoms with van der Waals surface area (Å²) in [6, 6.07) is 0.563. The van der Waals surface area contributed by atoms with Crippen molar-refractivity contribution < 1.29 is 9.53 Å². The maximum Gasteiger partial charge on any atom is 0.220 e. The van der Waals surface area contributed by atoms with Crippen LogP contribution in [0, 0.1) is 5.92 Å². The summed E-state index contributed by atoms with van der Waals surface area (Å²) in [4.78, 5) is 11.5. The number of nitrogens with one attached hydrogen (secondary N) is 2. The van der Waals surface area contributed by atoms with Gasteiger partial charge < -0.3 is 15.4 Å². The first-order valence-electron chi connectivity index (χ1n) is 8.10. The van der Waals surface area contributed by atoms with Crippen LogP contribution in [0.5, 0.6) is 0 Å². The molecule has 0 rings (SSSR count). The van der Waals surface area contributed by atoms with Gasteiger partial charge in [-0.05, 0) is 31.7 Å². The van der Waals surface area contributed by atoms with E-state index in [1.807, 2.05) is 0 Å². The Labute approximate surface area is 125 Å². The maximum absolute atomic E-state index is 11.5. The lowest BCUT2D eigenvalue weighted by molar-refractivity contribution is -0.121. The molecule has 0 aliphatic carbocycles. The monoisotopic (exact) mass is 286 g/mol. The Bertz CT molecular complexity index is 231. The Kier molecular flexibility index (Phi) is 13.0. The Morgan fingerprint density at radius 2 is 1.70 bits per heavy atom. The summed E-state index contributed by atoms with van der Waals surface area (Å²) in [5.41, 5.74) is 0. The molecule has 0 saturated carbocycles. The number of hydrogen-bond donors (Lipinski definition) is 2. The standard InChI is InChI=1S/C16H34N2O2/c1-14(2)13-20-12-8-9-16(19)18-11-7-5-6-10-17-15(3)4/h14-15,17H,5-13H2,1-4H3,(H,18,19). The molecule has 0 aromatic carbocycles. The minimum Gasteiger partial charge on any atom is -0.381 e. The van der Waals surface area contributed by atoms with E-state index in [1.165, 1.54) is 6.42 Å². The lowest BCUT2D eigenvalue weighted by Gasteiger charge is -2.08. The van der Waals surface area contributed by atoms with Crippen LogP contribution in [-0.4, -0.2) is 38.3 Å². The minimum atomic E-state index is 0.151. The molecule has 0 atom stereocenters. The molecule has 2 N–H and O–H groups in total. The average molecular weight is 286 g/mol. The highest BCUT2D eigenvalue weighted by Gasteiger charge is 2.01. The van der Waals surface area contributed by atoms with Crippen LogP contribution >= 0.6 is 0 Å². The number of ether oxygens (including phenoxy) is 1. The van der Waals surface area contributed by atoms with Crippen molar-refractivity contribution in [1.82, 2.24) is 10.6 Å². The lowest BCUT2D eigenvalue weighted by atomic mass is 10.2. The predicted molar refractivity (Wildman–Crippen MR) is 84.9 cm³/mol. The number of rotatable bonds is 13. The Hall–Kier alpha value is -0.610. The molecular weight excluding hydrogens is 252 g/mol. The second-order valence-electron chi connectivity index (χ2n) is 6.09. The van der Waals surface area contributed by atoms with Gasteiger partial charge in [-0.2, -0.15) is 0 Å². The molecule has 20 heavy (non-hydrogen) atoms. The third kappa shape index (κ3) is 15.4. The first-order chi connectivity index (χ1) is 9.52. The summed E-state index contributed by atoms with van der Waals surface area (Å²) < 4.78 is 5.45. The van der Waals surface area contributed by atoms with Crippen molar-refractivity contribution in [3.05, 3.63) is 0 Å². The van der Waals surface area contributed by atoms with Crippen LogP contribution in [0.2, 0.25) is 0 Å². The summed E-state index contributed by atoms with van der Waals surface area (Å²) in [5.74, 6) is 0.715. The van der Waals surface area contributed by atoms with E-state index < -0.39 is 0 Å². The lowest BCUT2D eigenvalue weighted by Crippen LogP contribution is -2.25. The zero-order valence-electron chi connectivity index (χ0n) is 13.8. The fraction of sp³-hybridized carbons (Fsp3) is 0.938. The SMILES string of the molecule is CC(C)COCCCC(=O)NCCCCCNC(C)C. The van der Waals surface area contributed by atoms with Crippen LogP contribution in [0.4, 0.5) is 0 Å². The molecule has 0 fully saturated rings. The number of carbonyl (C=O) groups excluding carboxylic acids is 1. The summed E-state index contributed by atoms with van der Waals surface area (Å²) in [6.07, 6.45) is 4.80. The molecule has 0 saturated heterocycles. The van der Waals surface area contributed by atoms with E-state index >= 15 is 0 Å². The van der Waals surface area contributed by atoms with Crippen molar-refractivity contribution in [2.75, 3.05) is 26.3 Å². The molecule has 120 valence electrons. The van der Waals surface area contributed by atoms with Crippen LogP contribution in [0.3, 0.4) is 0 Å². The van der Waals surface area contributed by atoms with Gasteiger partial charge in [0, 0.05) is 32.2 Å². The zero-order chi connectivity index (χ0) is 15.2. The van der Waals surface area contributed by atoms with Crippen LogP contribution in [0.15, 0.2) is 0 Å². The molecular formula is C16H34N2O2. The molecule has 0 aliphatic heterocycles. The normalized spacial score (nSPS) is 11.3. The molecule has 0 bridgehead atoms. The van der Waals surface area contributed by atoms with Gasteiger partial charge >= 0.3 is 0 Å². The smallest absolute Gasteiger partial charge is 0.220 e. The summed E-state index contributed by atoms with van der Waals surface area (Å²) in [7, 11) is 0. The summed E-state index contributed by atoms with van der Waals surface area (Å²) in [6.45, 7) is 11.9. The highest BCUT2D eigenvalue weighted by atomic mass is 16.5. The number of amides is 1. The fourth-order valence-corrected chi connectivity index (χ4v) is 1.79. The van der Waals surface area contributed by atoms with Gasteiger partial charge in [0.25, 0.3) is 0 Å². The molecule has 4 nitrogen and oxygen atoms in total. The van der Waals surface area contributed by atoms with Gasteiger partial charge in [0.05, 0.1) is 0 Å². The molecule has 0 aromatic rings. The van der Waals surface area contributed by atoms with Crippen LogP contribution in [0.25, 0.3) is 0 Å². The molecule has 0 spiro atoms. The third-order valence-corrected chi connectivity index (χ3v) is 2.87. The Balaban J connectivity index is 3.20. The molecule has 0 unspecified atom stereocenters. The van der Waals surface area contributed by atoms with Crippen molar-refractivity contribution in [2.24, 2.45) is 5.92 Å². The number of unbranched alkanes of at least 4 members (excludes halogenated alkanes) is 2. The van der Waals surface area contributed by atoms with Gasteiger partial charge in [-0.15, -0.1) is 0 Å². The van der Waals surface area contributed by atoms with Gasteiger partial charge in [0.2, 0.25) is 5.91 Å². The largest absolute Gasteiger partial charge is 0.381 e. The Morgan fingerprint density at radius 3 is 2.35 bits per heavy atom. The summed E-state index contributed by atoms with van der Waals surface area (Å²) in [5, 5.41) is 6.36. The Morgan fingerprint density at radius 1 is 1.00 bits per heavy atom. The summed E-state index contributed by atoms with van der Waals surface area (Å²) >= 11 is 0. The number of carbonyl (C=O) groups is 1. The van der Waals surface area contributed by atoms with Crippen LogP contribution < -0.4 is 10.6 Å². The molecule has 0 heterocycles. The van der Waals surface area contributed by atoms with Crippen molar-refractivity contribution in [3.8, 4) is 0 Å². The number of hydrogen-bond acceptors (Lipinski definition) is 3. The zero-order valence-corrected chi connectivity index (χ0v) is 13.8. The first-order valence-corrected chi connectivity index (χ1v) is 8.10. The van der Waals surface area contributed by atoms with E-state index in [0.29, 0.717) is 25.0 Å². The molecule has 4 heteroatoms. The van der Waals surface area contributed by atoms with Gasteiger partial charge in [0.15, 0.2) is 0 Å². The van der Waals surface area contributed by atoms with E-state index in [1.54, 1.807) is 0 Å². The predicted octanol–water partition coefficient (Wildman–Crippen LogP) is 2.72. The van der Waals surface area contributed by atoms with Gasteiger partial charge in [-0.3, -0.25) is 4.79 Å². The van der Waals surface area contributed by atoms with Crippen LogP contribution in [-0.2, 0) is 9.53 Å². The maximum atomic E-state index is 11.5. The van der Waals surface area contributed by atoms with Crippen LogP contribution in [0.1, 0.15) is 59.8 Å². The molecule has 0 aliphatic rings. The quantitative estimate of drug-likeness (QED) is 0.512. The van der Waals surface area contributed by atoms with E-state index in [0.717, 1.165) is 39.0 Å². The van der Waals surface area contributed by atoms with Gasteiger partial charge in [0.1, 0.15) is 0 Å². The van der Waals surface area contributed by atoms with Gasteiger partial charge in [-0.25, -0.2) is 0 Å². The van der Waals surface area contributed by atoms with E-state index in [2.05, 4.69) is 38.3 Å². The third-order valence-electron chi connectivity index (χ3n) is 2.87. The highest BCUT2D eigenvalue weighted by Crippen LogP contribution is 1.97. The molecule has 0 radical (unpaired) electrons. The highest BCUT2D eigenvalue weighted by molar-refractivity contribution is 5.75. The minimum absolute atomic E-state index is 0.151. The van der Waals surface area contributed by atoms with E-state index in [-0.39, 0.29) is 5.91 Å². The topological polar surface area (TPSA) is 50.4 Å². The fourth-order valence-electron chi connectivity index (χ4n) is 1.79. The van der Waals surface area contributed by atoms with E-state index in [4.69, 9.17) is 4.74 Å². The molecule has 0 aromatic heterocycles. The van der Waals surface area contributed by atoms with E-state index in [9.17, 15) is 4.79 Å². The van der Waals surface area contributed by atoms with Crippen molar-refractivity contribution >= 4 is 5.91 Å². The first kappa shape index (κ1) is 19.4. The second kappa shape index (κ2) is 13.4. The average Bonchev–Trinajstić information content (AvgIpc) is 2.36.